The van der Waals surface area contributed by atoms with Crippen molar-refractivity contribution in [3.05, 3.63) is 9.54 Å². The van der Waals surface area contributed by atoms with Gasteiger partial charge in [0.2, 0.25) is 10.7 Å². The van der Waals surface area contributed by atoms with Gasteiger partial charge >= 0.3 is 29.6 Å². The number of rotatable bonds is 0. The van der Waals surface area contributed by atoms with E-state index in [1.165, 1.54) is 0 Å². The van der Waals surface area contributed by atoms with E-state index in [2.05, 4.69) is 39.4 Å². The van der Waals surface area contributed by atoms with Crippen LogP contribution in [-0.2, 0) is 0 Å². The molecule has 7 heteroatoms. The molecule has 10 heavy (non-hydrogen) atoms. The van der Waals surface area contributed by atoms with Gasteiger partial charge in [-0.25, -0.2) is 0 Å². The van der Waals surface area contributed by atoms with Crippen LogP contribution in [0, 0.1) is 9.54 Å². The summed E-state index contributed by atoms with van der Waals surface area (Å²) in [6.07, 6.45) is 0. The zero-order valence-corrected chi connectivity index (χ0v) is 8.97. The number of nitrogen functional groups attached to an aromatic ring is 1. The van der Waals surface area contributed by atoms with Crippen LogP contribution < -0.4 is 35.3 Å². The maximum absolute atomic E-state index is 5.24. The zero-order valence-electron chi connectivity index (χ0n) is 6.34. The van der Waals surface area contributed by atoms with Crippen molar-refractivity contribution in [3.8, 4) is 0 Å². The summed E-state index contributed by atoms with van der Waals surface area (Å²) in [5, 5.41) is 0. The van der Waals surface area contributed by atoms with Gasteiger partial charge in [0.25, 0.3) is 0 Å². The molecule has 0 radical (unpaired) electrons. The summed E-state index contributed by atoms with van der Waals surface area (Å²) in [6, 6.07) is 0. The largest absolute Gasteiger partial charge is 1.00 e. The zero-order chi connectivity index (χ0) is 6.85. The first-order chi connectivity index (χ1) is 4.18. The van der Waals surface area contributed by atoms with Crippen LogP contribution in [0.5, 0.6) is 0 Å². The summed E-state index contributed by atoms with van der Waals surface area (Å²) in [5.41, 5.74) is 5.24. The summed E-state index contributed by atoms with van der Waals surface area (Å²) in [7, 11) is 0. The van der Waals surface area contributed by atoms with Gasteiger partial charge in [0, 0.05) is 0 Å². The molecule has 0 aromatic carbocycles. The summed E-state index contributed by atoms with van der Waals surface area (Å²) >= 11 is 9.34. The van der Waals surface area contributed by atoms with Gasteiger partial charge in [0.15, 0.2) is 4.77 Å². The second-order valence-electron chi connectivity index (χ2n) is 1.38. The fraction of sp³-hybridized carbons (Fsp3) is 0. The Morgan fingerprint density at radius 2 is 2.00 bits per heavy atom. The van der Waals surface area contributed by atoms with Gasteiger partial charge in [-0.15, -0.1) is 0 Å². The number of hydrogen-bond acceptors (Lipinski definition) is 4. The van der Waals surface area contributed by atoms with Crippen molar-refractivity contribution in [2.75, 3.05) is 5.73 Å². The van der Waals surface area contributed by atoms with Crippen molar-refractivity contribution in [1.82, 2.24) is 15.0 Å². The average molecular weight is 184 g/mol. The molecule has 0 saturated heterocycles. The van der Waals surface area contributed by atoms with Gasteiger partial charge in [-0.05, 0) is 24.4 Å². The molecule has 0 saturated carbocycles. The quantitative estimate of drug-likeness (QED) is 0.319. The summed E-state index contributed by atoms with van der Waals surface area (Å²) in [5.74, 6) is 0.240. The van der Waals surface area contributed by atoms with E-state index in [4.69, 9.17) is 5.73 Å². The smallest absolute Gasteiger partial charge is 1.00 e. The number of nitrogens with two attached hydrogens (primary N) is 1. The van der Waals surface area contributed by atoms with Gasteiger partial charge < -0.3 is 17.1 Å². The number of nitrogens with zero attached hydrogens (tertiary/aromatic N) is 1. The van der Waals surface area contributed by atoms with Crippen LogP contribution in [0.4, 0.5) is 5.95 Å². The molecule has 0 bridgehead atoms. The van der Waals surface area contributed by atoms with Crippen LogP contribution in [0.1, 0.15) is 1.43 Å². The molecule has 1 aromatic rings. The van der Waals surface area contributed by atoms with Crippen molar-refractivity contribution in [1.29, 1.82) is 0 Å². The van der Waals surface area contributed by atoms with E-state index in [1.54, 1.807) is 0 Å². The number of aromatic amines is 2. The third-order valence-corrected chi connectivity index (χ3v) is 1.08. The fourth-order valence-electron chi connectivity index (χ4n) is 0.410. The predicted octanol–water partition coefficient (Wildman–Crippen LogP) is -2.10. The molecule has 0 amide bonds. The first-order valence-corrected chi connectivity index (χ1v) is 2.96. The normalized spacial score (nSPS) is 8.40. The van der Waals surface area contributed by atoms with Crippen LogP contribution in [0.2, 0.25) is 0 Å². The molecule has 4 N–H and O–H groups in total. The Balaban J connectivity index is 0. The molecule has 1 heterocycles. The molecule has 0 fully saturated rings. The Labute approximate surface area is 91.0 Å². The second-order valence-corrected chi connectivity index (χ2v) is 2.18. The second kappa shape index (κ2) is 4.20. The minimum absolute atomic E-state index is 0. The van der Waals surface area contributed by atoms with E-state index < -0.39 is 0 Å². The Bertz CT molecular complexity index is 291. The monoisotopic (exact) mass is 184 g/mol. The van der Waals surface area contributed by atoms with Crippen LogP contribution in [0.25, 0.3) is 0 Å². The standard InChI is InChI=1S/C3H4N4S2.Na.H/c4-1-5-2(8)7-3(9)6-1;;/h(H4,4,5,6,7,8,9);;/q;+1;-1. The van der Waals surface area contributed by atoms with Gasteiger partial charge in [-0.3, -0.25) is 0 Å². The van der Waals surface area contributed by atoms with Gasteiger partial charge in [0.05, 0.1) is 0 Å². The maximum atomic E-state index is 5.24. The fourth-order valence-corrected chi connectivity index (χ4v) is 0.876. The van der Waals surface area contributed by atoms with Crippen molar-refractivity contribution in [2.45, 2.75) is 0 Å². The molecular formula is C3H5N4NaS2. The number of anilines is 1. The SMILES string of the molecule is Nc1nc(=S)[nH]c(=S)[nH]1.[H-].[Na+]. The van der Waals surface area contributed by atoms with Crippen molar-refractivity contribution in [3.63, 3.8) is 0 Å². The van der Waals surface area contributed by atoms with E-state index in [1.807, 2.05) is 0 Å². The number of hydrogen-bond donors (Lipinski definition) is 3. The Morgan fingerprint density at radius 3 is 2.40 bits per heavy atom. The van der Waals surface area contributed by atoms with E-state index >= 15 is 0 Å². The molecule has 4 nitrogen and oxygen atoms in total. The average Bonchev–Trinajstić information content (AvgIpc) is 1.59. The Morgan fingerprint density at radius 1 is 1.40 bits per heavy atom. The van der Waals surface area contributed by atoms with Gasteiger partial charge in [-0.2, -0.15) is 4.98 Å². The molecular weight excluding hydrogens is 179 g/mol. The van der Waals surface area contributed by atoms with Crippen LogP contribution >= 0.6 is 24.4 Å². The number of nitrogens with one attached hydrogen (secondary N) is 2. The van der Waals surface area contributed by atoms with Crippen LogP contribution in [0.15, 0.2) is 0 Å². The number of H-pyrrole nitrogens is 2. The molecule has 1 rings (SSSR count). The Kier molecular flexibility index (Phi) is 4.30. The third-order valence-electron chi connectivity index (χ3n) is 0.684. The third kappa shape index (κ3) is 2.89. The van der Waals surface area contributed by atoms with Gasteiger partial charge in [0.1, 0.15) is 0 Å². The summed E-state index contributed by atoms with van der Waals surface area (Å²) in [4.78, 5) is 8.81. The van der Waals surface area contributed by atoms with E-state index in [-0.39, 0.29) is 36.9 Å². The van der Waals surface area contributed by atoms with E-state index in [0.29, 0.717) is 9.54 Å². The molecule has 0 spiro atoms. The topological polar surface area (TPSA) is 70.5 Å². The summed E-state index contributed by atoms with van der Waals surface area (Å²) < 4.78 is 0.698. The Hall–Kier alpha value is 0.250. The first kappa shape index (κ1) is 10.2. The van der Waals surface area contributed by atoms with E-state index in [0.717, 1.165) is 0 Å². The minimum atomic E-state index is 0. The molecule has 0 unspecified atom stereocenters. The molecule has 1 aromatic heterocycles. The molecule has 0 atom stereocenters. The van der Waals surface area contributed by atoms with Crippen LogP contribution in [-0.4, -0.2) is 15.0 Å². The van der Waals surface area contributed by atoms with Crippen LogP contribution in [0.3, 0.4) is 0 Å². The first-order valence-electron chi connectivity index (χ1n) is 2.14. The molecule has 0 aliphatic carbocycles. The van der Waals surface area contributed by atoms with Gasteiger partial charge in [-0.1, -0.05) is 0 Å². The summed E-state index contributed by atoms with van der Waals surface area (Å²) in [6.45, 7) is 0. The molecule has 0 aliphatic rings. The van der Waals surface area contributed by atoms with Crippen molar-refractivity contribution < 1.29 is 31.0 Å². The van der Waals surface area contributed by atoms with Crippen molar-refractivity contribution >= 4 is 30.4 Å². The number of aromatic nitrogens is 3. The maximum Gasteiger partial charge on any atom is 1.00 e. The predicted molar refractivity (Wildman–Crippen MR) is 40.1 cm³/mol. The van der Waals surface area contributed by atoms with E-state index in [9.17, 15) is 0 Å². The molecule has 0 aliphatic heterocycles. The molecule has 50 valence electrons. The van der Waals surface area contributed by atoms with Crippen molar-refractivity contribution in [2.24, 2.45) is 0 Å². The minimum Gasteiger partial charge on any atom is -1.00 e.